The predicted molar refractivity (Wildman–Crippen MR) is 32.3 cm³/mol. The fraction of sp³-hybridized carbons (Fsp3) is 1.00. The van der Waals surface area contributed by atoms with Crippen LogP contribution >= 0.6 is 0 Å². The largest absolute Gasteiger partial charge is 2.00 e. The van der Waals surface area contributed by atoms with Crippen molar-refractivity contribution in [1.82, 2.24) is 0 Å². The van der Waals surface area contributed by atoms with Crippen molar-refractivity contribution < 1.29 is 36.2 Å². The van der Waals surface area contributed by atoms with Crippen molar-refractivity contribution in [3.8, 4) is 0 Å². The number of hydrogen-bond acceptors (Lipinski definition) is 8. The summed E-state index contributed by atoms with van der Waals surface area (Å²) < 4.78 is 53.2. The zero-order valence-electron chi connectivity index (χ0n) is 5.37. The van der Waals surface area contributed by atoms with E-state index in [-0.39, 0.29) is 37.7 Å². The van der Waals surface area contributed by atoms with Gasteiger partial charge in [-0.3, -0.25) is 0 Å². The summed E-state index contributed by atoms with van der Waals surface area (Å²) in [4.78, 5) is 0. The molecule has 0 aliphatic heterocycles. The summed E-state index contributed by atoms with van der Waals surface area (Å²) in [7, 11) is -12.0. The Labute approximate surface area is 97.7 Å². The van der Waals surface area contributed by atoms with Crippen LogP contribution in [0.1, 0.15) is 0 Å². The molecular weight excluding hydrogens is 244 g/mol. The molecule has 0 saturated carbocycles. The second kappa shape index (κ2) is 4.02. The van der Waals surface area contributed by atoms with Crippen molar-refractivity contribution >= 4 is 58.0 Å². The van der Waals surface area contributed by atoms with E-state index in [0.717, 1.165) is 0 Å². The minimum absolute atomic E-state index is 0. The van der Waals surface area contributed by atoms with Gasteiger partial charge in [-0.1, -0.05) is 0 Å². The van der Waals surface area contributed by atoms with E-state index in [1.807, 2.05) is 0 Å². The van der Waals surface area contributed by atoms with Crippen LogP contribution in [0.25, 0.3) is 0 Å². The summed E-state index contributed by atoms with van der Waals surface area (Å²) in [6.45, 7) is 0. The van der Waals surface area contributed by atoms with E-state index in [2.05, 4.69) is 0 Å². The Kier molecular flexibility index (Phi) is 5.19. The molecule has 0 aliphatic rings. The Morgan fingerprint density at radius 3 is 1.08 bits per heavy atom. The van der Waals surface area contributed by atoms with Gasteiger partial charge in [0.05, 0.1) is 0 Å². The summed E-state index contributed by atoms with van der Waals surface area (Å²) in [6.07, 6.45) is 0. The molecule has 0 aromatic rings. The average Bonchev–Trinajstić information content (AvgIpc) is 1.58. The van der Waals surface area contributed by atoms with E-state index in [9.17, 15) is 25.9 Å². The van der Waals surface area contributed by atoms with Crippen molar-refractivity contribution in [1.29, 1.82) is 0 Å². The van der Waals surface area contributed by atoms with Crippen LogP contribution in [0, 0.1) is 0 Å². The first-order valence-electron chi connectivity index (χ1n) is 1.86. The normalized spacial score (nSPS) is 13.7. The Bertz CT molecular complexity index is 299. The molecule has 0 aromatic carbocycles. The third-order valence-corrected chi connectivity index (χ3v) is 3.18. The summed E-state index contributed by atoms with van der Waals surface area (Å²) in [5.41, 5.74) is 0. The summed E-state index contributed by atoms with van der Waals surface area (Å²) in [5.74, 6) is 0. The van der Waals surface area contributed by atoms with Crippen LogP contribution in [0.15, 0.2) is 0 Å². The van der Waals surface area contributed by atoms with Gasteiger partial charge in [-0.2, -0.15) is 0 Å². The molecule has 8 nitrogen and oxygen atoms in total. The third-order valence-electron chi connectivity index (χ3n) is 0.651. The number of rotatable bonds is 2. The van der Waals surface area contributed by atoms with E-state index in [0.29, 0.717) is 0 Å². The van der Waals surface area contributed by atoms with Gasteiger partial charge < -0.3 is 19.3 Å². The first-order chi connectivity index (χ1) is 4.50. The van der Waals surface area contributed by atoms with Gasteiger partial charge >= 0.3 is 42.2 Å². The van der Waals surface area contributed by atoms with Gasteiger partial charge in [-0.25, -0.2) is 16.8 Å². The minimum atomic E-state index is -6.00. The molecule has 0 rings (SSSR count). The second-order valence-electron chi connectivity index (χ2n) is 1.46. The van der Waals surface area contributed by atoms with Crippen LogP contribution in [0.4, 0.5) is 0 Å². The van der Waals surface area contributed by atoms with Gasteiger partial charge in [0.15, 0.2) is 20.2 Å². The summed E-state index contributed by atoms with van der Waals surface area (Å²) >= 11 is 0. The second-order valence-corrected chi connectivity index (χ2v) is 4.67. The van der Waals surface area contributed by atoms with Gasteiger partial charge in [-0.15, -0.1) is 0 Å². The van der Waals surface area contributed by atoms with E-state index in [4.69, 9.17) is 10.2 Å². The van der Waals surface area contributed by atoms with Crippen molar-refractivity contribution in [2.24, 2.45) is 0 Å². The Hall–Kier alpha value is 1.000. The van der Waals surface area contributed by atoms with Crippen molar-refractivity contribution in [3.63, 3.8) is 0 Å². The average molecular weight is 246 g/mol. The van der Waals surface area contributed by atoms with Crippen LogP contribution in [-0.4, -0.2) is 78.3 Å². The standard InChI is InChI=1S/CH4O8S2.Ca/c2-1(3,10(4,5)6)11(7,8)9;/h2-3H,(H,4,5,6)(H,7,8,9);/q;+2/p-2. The van der Waals surface area contributed by atoms with Crippen LogP contribution < -0.4 is 0 Å². The minimum Gasteiger partial charge on any atom is -0.743 e. The maximum atomic E-state index is 9.66. The monoisotopic (exact) mass is 246 g/mol. The van der Waals surface area contributed by atoms with Gasteiger partial charge in [0.25, 0.3) is 0 Å². The molecule has 12 heavy (non-hydrogen) atoms. The molecule has 2 N–H and O–H groups in total. The van der Waals surface area contributed by atoms with Gasteiger partial charge in [0.1, 0.15) is 0 Å². The van der Waals surface area contributed by atoms with Crippen LogP contribution in [0.2, 0.25) is 0 Å². The van der Waals surface area contributed by atoms with Gasteiger partial charge in [0.2, 0.25) is 0 Å². The predicted octanol–water partition coefficient (Wildman–Crippen LogP) is -3.71. The van der Waals surface area contributed by atoms with E-state index in [1.165, 1.54) is 0 Å². The molecule has 11 heteroatoms. The number of hydrogen-bond donors (Lipinski definition) is 2. The maximum absolute atomic E-state index is 9.66. The molecule has 0 saturated heterocycles. The third kappa shape index (κ3) is 3.05. The van der Waals surface area contributed by atoms with Crippen LogP contribution in [0.3, 0.4) is 0 Å². The Morgan fingerprint density at radius 2 is 1.08 bits per heavy atom. The van der Waals surface area contributed by atoms with Gasteiger partial charge in [-0.05, 0) is 0 Å². The fourth-order valence-corrected chi connectivity index (χ4v) is 1.12. The molecule has 0 amide bonds. The molecule has 0 radical (unpaired) electrons. The molecule has 0 atom stereocenters. The van der Waals surface area contributed by atoms with Gasteiger partial charge in [0, 0.05) is 0 Å². The van der Waals surface area contributed by atoms with Crippen molar-refractivity contribution in [3.05, 3.63) is 0 Å². The van der Waals surface area contributed by atoms with E-state index >= 15 is 0 Å². The maximum Gasteiger partial charge on any atom is 2.00 e. The SMILES string of the molecule is O=S(=O)([O-])C(O)(O)S(=O)(=O)[O-].[Ca+2]. The molecule has 0 unspecified atom stereocenters. The smallest absolute Gasteiger partial charge is 0.743 e. The zero-order chi connectivity index (χ0) is 9.50. The summed E-state index contributed by atoms with van der Waals surface area (Å²) in [6, 6.07) is 0. The first-order valence-corrected chi connectivity index (χ1v) is 4.67. The molecule has 68 valence electrons. The van der Waals surface area contributed by atoms with E-state index in [1.54, 1.807) is 0 Å². The summed E-state index contributed by atoms with van der Waals surface area (Å²) in [5, 5.41) is 15.9. The number of aliphatic hydroxyl groups is 2. The first kappa shape index (κ1) is 15.5. The van der Waals surface area contributed by atoms with Crippen molar-refractivity contribution in [2.45, 2.75) is 4.45 Å². The fourth-order valence-electron chi connectivity index (χ4n) is 0.125. The quantitative estimate of drug-likeness (QED) is 0.286. The van der Waals surface area contributed by atoms with E-state index < -0.39 is 24.7 Å². The molecule has 0 heterocycles. The molecule has 0 bridgehead atoms. The molecule has 0 spiro atoms. The molecule has 0 aromatic heterocycles. The molecule has 0 aliphatic carbocycles. The zero-order valence-corrected chi connectivity index (χ0v) is 9.21. The molecular formula is CH2CaO8S2. The van der Waals surface area contributed by atoms with Crippen molar-refractivity contribution in [2.75, 3.05) is 0 Å². The molecule has 0 fully saturated rings. The van der Waals surface area contributed by atoms with Crippen LogP contribution in [-0.2, 0) is 20.2 Å². The topological polar surface area (TPSA) is 155 Å². The van der Waals surface area contributed by atoms with Crippen LogP contribution in [0.5, 0.6) is 0 Å². The Balaban J connectivity index is 0. The Morgan fingerprint density at radius 1 is 0.917 bits per heavy atom.